The van der Waals surface area contributed by atoms with Crippen LogP contribution < -0.4 is 5.32 Å². The summed E-state index contributed by atoms with van der Waals surface area (Å²) in [5.74, 6) is 0. The van der Waals surface area contributed by atoms with Gasteiger partial charge in [0.05, 0.1) is 0 Å². The van der Waals surface area contributed by atoms with Crippen molar-refractivity contribution < 1.29 is 0 Å². The standard InChI is InChI=1S/C17H36N4/c1-16(2,3)20-14-12-19(13-15-20)9-6-17(4,5)21-10-7-18-8-11-21/h18H,6-15H2,1-5H3. The molecule has 0 saturated carbocycles. The van der Waals surface area contributed by atoms with Crippen LogP contribution in [-0.4, -0.2) is 84.7 Å². The Morgan fingerprint density at radius 3 is 1.86 bits per heavy atom. The van der Waals surface area contributed by atoms with Crippen molar-refractivity contribution in [1.82, 2.24) is 20.0 Å². The Morgan fingerprint density at radius 2 is 1.33 bits per heavy atom. The Hall–Kier alpha value is -0.160. The van der Waals surface area contributed by atoms with Gasteiger partial charge < -0.3 is 10.2 Å². The molecule has 0 aromatic heterocycles. The normalized spacial score (nSPS) is 24.4. The lowest BCUT2D eigenvalue weighted by Gasteiger charge is -2.45. The van der Waals surface area contributed by atoms with Gasteiger partial charge in [-0.3, -0.25) is 9.80 Å². The third-order valence-corrected chi connectivity index (χ3v) is 5.33. The second-order valence-corrected chi connectivity index (χ2v) is 8.30. The number of hydrogen-bond donors (Lipinski definition) is 1. The molecule has 0 aromatic rings. The van der Waals surface area contributed by atoms with Crippen LogP contribution in [0.3, 0.4) is 0 Å². The van der Waals surface area contributed by atoms with E-state index in [0.717, 1.165) is 13.1 Å². The SMILES string of the molecule is CC(C)(C)N1CCN(CCC(C)(C)N2CCNCC2)CC1. The molecule has 21 heavy (non-hydrogen) atoms. The van der Waals surface area contributed by atoms with Gasteiger partial charge in [-0.25, -0.2) is 0 Å². The number of nitrogens with one attached hydrogen (secondary N) is 1. The number of piperazine rings is 2. The highest BCUT2D eigenvalue weighted by Crippen LogP contribution is 2.21. The van der Waals surface area contributed by atoms with E-state index in [9.17, 15) is 0 Å². The summed E-state index contributed by atoms with van der Waals surface area (Å²) in [5.41, 5.74) is 0.662. The Labute approximate surface area is 131 Å². The molecule has 0 atom stereocenters. The fraction of sp³-hybridized carbons (Fsp3) is 1.00. The van der Waals surface area contributed by atoms with Gasteiger partial charge in [0.2, 0.25) is 0 Å². The van der Waals surface area contributed by atoms with Gasteiger partial charge in [0.15, 0.2) is 0 Å². The summed E-state index contributed by atoms with van der Waals surface area (Å²) in [6.45, 7) is 22.7. The Morgan fingerprint density at radius 1 is 0.762 bits per heavy atom. The highest BCUT2D eigenvalue weighted by atomic mass is 15.3. The summed E-state index contributed by atoms with van der Waals surface area (Å²) in [7, 11) is 0. The zero-order valence-electron chi connectivity index (χ0n) is 14.9. The van der Waals surface area contributed by atoms with E-state index in [4.69, 9.17) is 0 Å². The molecule has 0 spiro atoms. The predicted octanol–water partition coefficient (Wildman–Crippen LogP) is 1.48. The summed E-state index contributed by atoms with van der Waals surface area (Å²) < 4.78 is 0. The van der Waals surface area contributed by atoms with E-state index >= 15 is 0 Å². The van der Waals surface area contributed by atoms with Crippen molar-refractivity contribution in [2.75, 3.05) is 58.9 Å². The minimum Gasteiger partial charge on any atom is -0.314 e. The zero-order valence-corrected chi connectivity index (χ0v) is 14.9. The van der Waals surface area contributed by atoms with Crippen molar-refractivity contribution in [3.05, 3.63) is 0 Å². The highest BCUT2D eigenvalue weighted by molar-refractivity contribution is 4.87. The molecule has 2 fully saturated rings. The van der Waals surface area contributed by atoms with Gasteiger partial charge in [0.1, 0.15) is 0 Å². The molecule has 2 saturated heterocycles. The van der Waals surface area contributed by atoms with E-state index < -0.39 is 0 Å². The van der Waals surface area contributed by atoms with Crippen LogP contribution in [0.4, 0.5) is 0 Å². The summed E-state index contributed by atoms with van der Waals surface area (Å²) in [6.07, 6.45) is 1.28. The third-order valence-electron chi connectivity index (χ3n) is 5.33. The topological polar surface area (TPSA) is 21.8 Å². The molecule has 0 amide bonds. The van der Waals surface area contributed by atoms with E-state index in [-0.39, 0.29) is 0 Å². The van der Waals surface area contributed by atoms with Gasteiger partial charge in [0.25, 0.3) is 0 Å². The van der Waals surface area contributed by atoms with Crippen molar-refractivity contribution in [3.8, 4) is 0 Å². The molecule has 0 radical (unpaired) electrons. The summed E-state index contributed by atoms with van der Waals surface area (Å²) >= 11 is 0. The molecule has 4 nitrogen and oxygen atoms in total. The van der Waals surface area contributed by atoms with Crippen molar-refractivity contribution in [2.45, 2.75) is 52.1 Å². The minimum atomic E-state index is 0.326. The minimum absolute atomic E-state index is 0.326. The second kappa shape index (κ2) is 6.95. The largest absolute Gasteiger partial charge is 0.314 e. The van der Waals surface area contributed by atoms with Crippen LogP contribution in [0, 0.1) is 0 Å². The van der Waals surface area contributed by atoms with Gasteiger partial charge in [0, 0.05) is 63.4 Å². The van der Waals surface area contributed by atoms with Gasteiger partial charge >= 0.3 is 0 Å². The van der Waals surface area contributed by atoms with Gasteiger partial charge in [-0.2, -0.15) is 0 Å². The lowest BCUT2D eigenvalue weighted by molar-refractivity contribution is 0.0438. The van der Waals surface area contributed by atoms with Crippen molar-refractivity contribution >= 4 is 0 Å². The van der Waals surface area contributed by atoms with E-state index in [1.807, 2.05) is 0 Å². The smallest absolute Gasteiger partial charge is 0.0166 e. The van der Waals surface area contributed by atoms with Crippen LogP contribution >= 0.6 is 0 Å². The first kappa shape index (κ1) is 17.2. The molecule has 2 aliphatic heterocycles. The van der Waals surface area contributed by atoms with E-state index in [1.165, 1.54) is 52.2 Å². The maximum Gasteiger partial charge on any atom is 0.0166 e. The summed E-state index contributed by atoms with van der Waals surface area (Å²) in [5, 5.41) is 3.45. The maximum atomic E-state index is 3.45. The van der Waals surface area contributed by atoms with E-state index in [1.54, 1.807) is 0 Å². The molecule has 0 aliphatic carbocycles. The molecular weight excluding hydrogens is 260 g/mol. The van der Waals surface area contributed by atoms with Crippen LogP contribution in [-0.2, 0) is 0 Å². The molecule has 1 N–H and O–H groups in total. The summed E-state index contributed by atoms with van der Waals surface area (Å²) in [4.78, 5) is 7.94. The second-order valence-electron chi connectivity index (χ2n) is 8.30. The van der Waals surface area contributed by atoms with Crippen LogP contribution in [0.25, 0.3) is 0 Å². The molecule has 124 valence electrons. The number of rotatable bonds is 4. The lowest BCUT2D eigenvalue weighted by atomic mass is 9.96. The first-order valence-electron chi connectivity index (χ1n) is 8.72. The monoisotopic (exact) mass is 296 g/mol. The van der Waals surface area contributed by atoms with Crippen molar-refractivity contribution in [3.63, 3.8) is 0 Å². The van der Waals surface area contributed by atoms with Crippen LogP contribution in [0.2, 0.25) is 0 Å². The van der Waals surface area contributed by atoms with Gasteiger partial charge in [-0.05, 0) is 47.6 Å². The average molecular weight is 297 g/mol. The average Bonchev–Trinajstić information content (AvgIpc) is 2.46. The molecule has 2 heterocycles. The van der Waals surface area contributed by atoms with E-state index in [2.05, 4.69) is 54.6 Å². The fourth-order valence-electron chi connectivity index (χ4n) is 3.50. The van der Waals surface area contributed by atoms with Crippen molar-refractivity contribution in [2.24, 2.45) is 0 Å². The molecule has 0 unspecified atom stereocenters. The molecule has 4 heteroatoms. The van der Waals surface area contributed by atoms with Crippen LogP contribution in [0.5, 0.6) is 0 Å². The van der Waals surface area contributed by atoms with Crippen LogP contribution in [0.15, 0.2) is 0 Å². The highest BCUT2D eigenvalue weighted by Gasteiger charge is 2.30. The Bertz CT molecular complexity index is 307. The molecule has 2 rings (SSSR count). The van der Waals surface area contributed by atoms with Crippen molar-refractivity contribution in [1.29, 1.82) is 0 Å². The van der Waals surface area contributed by atoms with E-state index in [0.29, 0.717) is 11.1 Å². The lowest BCUT2D eigenvalue weighted by Crippen LogP contribution is -2.56. The zero-order chi connectivity index (χ0) is 15.5. The maximum absolute atomic E-state index is 3.45. The molecule has 0 aromatic carbocycles. The Kier molecular flexibility index (Phi) is 5.69. The fourth-order valence-corrected chi connectivity index (χ4v) is 3.50. The first-order chi connectivity index (χ1) is 9.79. The molecule has 2 aliphatic rings. The van der Waals surface area contributed by atoms with Crippen LogP contribution in [0.1, 0.15) is 41.0 Å². The Balaban J connectivity index is 1.73. The molecule has 0 bridgehead atoms. The summed E-state index contributed by atoms with van der Waals surface area (Å²) in [6, 6.07) is 0. The first-order valence-corrected chi connectivity index (χ1v) is 8.72. The quantitative estimate of drug-likeness (QED) is 0.848. The predicted molar refractivity (Wildman–Crippen MR) is 90.9 cm³/mol. The number of hydrogen-bond acceptors (Lipinski definition) is 4. The van der Waals surface area contributed by atoms with Gasteiger partial charge in [-0.1, -0.05) is 0 Å². The molecular formula is C17H36N4. The van der Waals surface area contributed by atoms with Gasteiger partial charge in [-0.15, -0.1) is 0 Å². The number of nitrogens with zero attached hydrogens (tertiary/aromatic N) is 3. The third kappa shape index (κ3) is 4.92.